The van der Waals surface area contributed by atoms with Gasteiger partial charge in [0.15, 0.2) is 36.8 Å². The Morgan fingerprint density at radius 3 is 1.48 bits per heavy atom. The largest absolute Gasteiger partial charge is 0.463 e. The van der Waals surface area contributed by atoms with E-state index in [0.29, 0.717) is 0 Å². The number of ether oxygens (including phenoxy) is 10. The normalized spacial score (nSPS) is 22.6. The molecule has 0 aliphatic carbocycles. The quantitative estimate of drug-likeness (QED) is 0.139. The Hall–Kier alpha value is -4.85. The van der Waals surface area contributed by atoms with Gasteiger partial charge in [-0.25, -0.2) is 0 Å². The summed E-state index contributed by atoms with van der Waals surface area (Å²) in [5.41, 5.74) is 5.47. The zero-order valence-corrected chi connectivity index (χ0v) is 27.4. The first-order valence-corrected chi connectivity index (χ1v) is 14.1. The molecule has 0 saturated carbocycles. The van der Waals surface area contributed by atoms with Crippen molar-refractivity contribution in [3.63, 3.8) is 0 Å². The molecule has 1 aliphatic rings. The molecule has 0 aromatic heterocycles. The summed E-state index contributed by atoms with van der Waals surface area (Å²) in [5.74, 6) is -9.25. The summed E-state index contributed by atoms with van der Waals surface area (Å²) in [4.78, 5) is 109. The smallest absolute Gasteiger partial charge is 0.303 e. The third-order valence-corrected chi connectivity index (χ3v) is 5.87. The van der Waals surface area contributed by atoms with Gasteiger partial charge in [0.1, 0.15) is 25.4 Å². The lowest BCUT2D eigenvalue weighted by Crippen LogP contribution is -2.65. The van der Waals surface area contributed by atoms with Crippen LogP contribution in [0.3, 0.4) is 0 Å². The standard InChI is InChI=1S/C28H39NO19/c1-11(30)39-9-19(41-13(3)32)22(23(43-15(5)34)25(27(29)38)45-17(7)36)48-28-26(46-18(8)37)24(44-16(6)35)21(42-14(4)33)20(47-28)10-40-12(2)31/h19-26,28H,9-10H2,1-8H3,(H2,29,38)/t19-,20-,21+,22+,23+,24+,25-,26-,28+/m1/s1. The number of hydrogen-bond acceptors (Lipinski definition) is 19. The van der Waals surface area contributed by atoms with Gasteiger partial charge in [0, 0.05) is 55.4 Å². The minimum absolute atomic E-state index is 0.673. The van der Waals surface area contributed by atoms with E-state index in [1.807, 2.05) is 0 Å². The SMILES string of the molecule is CC(=O)OC[C@H]1O[C@@H](O[C@H]([C@H](OC(C)=O)[C@@H](OC(C)=O)C(N)=O)[C@@H](COC(C)=O)OC(C)=O)[C@H](OC(C)=O)[C@@H](OC(C)=O)[C@H]1OC(C)=O. The Bertz CT molecular complexity index is 1230. The van der Waals surface area contributed by atoms with Crippen molar-refractivity contribution in [1.29, 1.82) is 0 Å². The molecule has 0 unspecified atom stereocenters. The van der Waals surface area contributed by atoms with Crippen LogP contribution in [0.15, 0.2) is 0 Å². The van der Waals surface area contributed by atoms with Gasteiger partial charge in [-0.3, -0.25) is 43.2 Å². The number of nitrogens with two attached hydrogens (primary N) is 1. The van der Waals surface area contributed by atoms with Crippen LogP contribution in [0.1, 0.15) is 55.4 Å². The first kappa shape index (κ1) is 41.2. The lowest BCUT2D eigenvalue weighted by atomic mass is 9.97. The summed E-state index contributed by atoms with van der Waals surface area (Å²) in [5, 5.41) is 0. The Balaban J connectivity index is 4.05. The molecule has 0 radical (unpaired) electrons. The van der Waals surface area contributed by atoms with Gasteiger partial charge in [-0.2, -0.15) is 0 Å². The van der Waals surface area contributed by atoms with Gasteiger partial charge in [0.25, 0.3) is 5.91 Å². The van der Waals surface area contributed by atoms with Crippen molar-refractivity contribution in [3.05, 3.63) is 0 Å². The average molecular weight is 694 g/mol. The van der Waals surface area contributed by atoms with Crippen LogP contribution in [0.2, 0.25) is 0 Å². The minimum Gasteiger partial charge on any atom is -0.463 e. The van der Waals surface area contributed by atoms with E-state index in [1.54, 1.807) is 0 Å². The van der Waals surface area contributed by atoms with E-state index in [4.69, 9.17) is 53.1 Å². The molecule has 0 aromatic rings. The molecule has 9 atom stereocenters. The summed E-state index contributed by atoms with van der Waals surface area (Å²) in [6, 6.07) is 0. The zero-order valence-electron chi connectivity index (χ0n) is 27.4. The van der Waals surface area contributed by atoms with Crippen LogP contribution >= 0.6 is 0 Å². The van der Waals surface area contributed by atoms with E-state index in [1.165, 1.54) is 0 Å². The van der Waals surface area contributed by atoms with Crippen LogP contribution in [0, 0.1) is 0 Å². The van der Waals surface area contributed by atoms with Crippen LogP contribution in [-0.4, -0.2) is 122 Å². The summed E-state index contributed by atoms with van der Waals surface area (Å²) < 4.78 is 53.5. The van der Waals surface area contributed by atoms with Crippen LogP contribution in [0.25, 0.3) is 0 Å². The lowest BCUT2D eigenvalue weighted by molar-refractivity contribution is -0.331. The molecule has 48 heavy (non-hydrogen) atoms. The van der Waals surface area contributed by atoms with Crippen molar-refractivity contribution < 1.29 is 90.5 Å². The molecule has 1 heterocycles. The Kier molecular flexibility index (Phi) is 16.4. The van der Waals surface area contributed by atoms with Crippen LogP contribution in [0.5, 0.6) is 0 Å². The molecule has 270 valence electrons. The van der Waals surface area contributed by atoms with E-state index < -0.39 is 122 Å². The van der Waals surface area contributed by atoms with E-state index >= 15 is 0 Å². The average Bonchev–Trinajstić information content (AvgIpc) is 2.92. The van der Waals surface area contributed by atoms with Gasteiger partial charge < -0.3 is 53.1 Å². The monoisotopic (exact) mass is 693 g/mol. The maximum absolute atomic E-state index is 12.5. The highest BCUT2D eigenvalue weighted by Gasteiger charge is 2.55. The number of hydrogen-bond donors (Lipinski definition) is 1. The van der Waals surface area contributed by atoms with E-state index in [0.717, 1.165) is 55.4 Å². The van der Waals surface area contributed by atoms with Gasteiger partial charge in [-0.1, -0.05) is 0 Å². The summed E-state index contributed by atoms with van der Waals surface area (Å²) >= 11 is 0. The number of rotatable bonds is 16. The summed E-state index contributed by atoms with van der Waals surface area (Å²) in [6.45, 7) is 6.14. The fourth-order valence-corrected chi connectivity index (χ4v) is 4.40. The highest BCUT2D eigenvalue weighted by atomic mass is 16.8. The van der Waals surface area contributed by atoms with E-state index in [9.17, 15) is 43.2 Å². The number of primary amides is 1. The zero-order chi connectivity index (χ0) is 36.9. The topological polar surface area (TPSA) is 272 Å². The van der Waals surface area contributed by atoms with Crippen LogP contribution in [-0.2, 0) is 90.5 Å². The fraction of sp³-hybridized carbons (Fsp3) is 0.679. The predicted molar refractivity (Wildman–Crippen MR) is 149 cm³/mol. The molecular formula is C28H39NO19. The van der Waals surface area contributed by atoms with E-state index in [-0.39, 0.29) is 0 Å². The maximum atomic E-state index is 12.5. The first-order valence-electron chi connectivity index (χ1n) is 14.1. The van der Waals surface area contributed by atoms with Crippen molar-refractivity contribution in [3.8, 4) is 0 Å². The van der Waals surface area contributed by atoms with E-state index in [2.05, 4.69) is 0 Å². The number of amides is 1. The van der Waals surface area contributed by atoms with Crippen molar-refractivity contribution >= 4 is 53.7 Å². The molecule has 1 aliphatic heterocycles. The van der Waals surface area contributed by atoms with Crippen molar-refractivity contribution in [2.24, 2.45) is 5.73 Å². The van der Waals surface area contributed by atoms with Gasteiger partial charge in [-0.15, -0.1) is 0 Å². The first-order chi connectivity index (χ1) is 22.2. The Morgan fingerprint density at radius 1 is 0.562 bits per heavy atom. The van der Waals surface area contributed by atoms with Crippen LogP contribution < -0.4 is 5.73 Å². The summed E-state index contributed by atoms with van der Waals surface area (Å²) in [7, 11) is 0. The molecule has 0 spiro atoms. The van der Waals surface area contributed by atoms with Gasteiger partial charge in [0.05, 0.1) is 0 Å². The maximum Gasteiger partial charge on any atom is 0.303 e. The number of carbonyl (C=O) groups excluding carboxylic acids is 9. The molecule has 1 fully saturated rings. The molecule has 20 heteroatoms. The van der Waals surface area contributed by atoms with Gasteiger partial charge in [-0.05, 0) is 0 Å². The highest BCUT2D eigenvalue weighted by Crippen LogP contribution is 2.32. The van der Waals surface area contributed by atoms with Gasteiger partial charge in [0.2, 0.25) is 6.10 Å². The second-order valence-corrected chi connectivity index (χ2v) is 10.1. The highest BCUT2D eigenvalue weighted by molar-refractivity contribution is 5.83. The number of esters is 8. The predicted octanol–water partition coefficient (Wildman–Crippen LogP) is -1.70. The molecule has 1 rings (SSSR count). The van der Waals surface area contributed by atoms with Crippen molar-refractivity contribution in [2.45, 2.75) is 111 Å². The fourth-order valence-electron chi connectivity index (χ4n) is 4.40. The van der Waals surface area contributed by atoms with Crippen LogP contribution in [0.4, 0.5) is 0 Å². The molecule has 0 aromatic carbocycles. The lowest BCUT2D eigenvalue weighted by Gasteiger charge is -2.46. The molecule has 20 nitrogen and oxygen atoms in total. The van der Waals surface area contributed by atoms with Crippen molar-refractivity contribution in [1.82, 2.24) is 0 Å². The Labute approximate surface area is 274 Å². The third-order valence-electron chi connectivity index (χ3n) is 5.87. The van der Waals surface area contributed by atoms with Crippen molar-refractivity contribution in [2.75, 3.05) is 13.2 Å². The minimum atomic E-state index is -2.16. The van der Waals surface area contributed by atoms with Gasteiger partial charge >= 0.3 is 47.8 Å². The Morgan fingerprint density at radius 2 is 1.04 bits per heavy atom. The molecular weight excluding hydrogens is 654 g/mol. The second kappa shape index (κ2) is 19.1. The number of carbonyl (C=O) groups is 9. The molecule has 2 N–H and O–H groups in total. The molecule has 0 bridgehead atoms. The summed E-state index contributed by atoms with van der Waals surface area (Å²) in [6.07, 6.45) is -16.9. The molecule has 1 amide bonds. The second-order valence-electron chi connectivity index (χ2n) is 10.1. The molecule has 1 saturated heterocycles. The third kappa shape index (κ3) is 13.9.